The van der Waals surface area contributed by atoms with Crippen LogP contribution in [0.15, 0.2) is 71.9 Å². The number of hydrogen-bond donors (Lipinski definition) is 2. The molecule has 202 valence electrons. The number of anilines is 1. The van der Waals surface area contributed by atoms with Crippen LogP contribution in [0, 0.1) is 18.6 Å². The average molecular weight is 545 g/mol. The second-order valence-corrected chi connectivity index (χ2v) is 8.63. The maximum absolute atomic E-state index is 15.0. The molecule has 0 aliphatic heterocycles. The summed E-state index contributed by atoms with van der Waals surface area (Å²) < 4.78 is 44.8. The quantitative estimate of drug-likeness (QED) is 0.273. The summed E-state index contributed by atoms with van der Waals surface area (Å²) in [5, 5.41) is 2.53. The van der Waals surface area contributed by atoms with Crippen molar-refractivity contribution >= 4 is 22.6 Å². The number of rotatable bonds is 7. The van der Waals surface area contributed by atoms with Gasteiger partial charge < -0.3 is 24.5 Å². The van der Waals surface area contributed by atoms with Gasteiger partial charge in [-0.25, -0.2) is 13.8 Å². The Labute approximate surface area is 226 Å². The van der Waals surface area contributed by atoms with Crippen molar-refractivity contribution in [2.75, 3.05) is 19.5 Å². The Morgan fingerprint density at radius 3 is 2.50 bits per heavy atom. The first kappa shape index (κ1) is 26.3. The highest BCUT2D eigenvalue weighted by Crippen LogP contribution is 2.32. The number of carbonyl (C=O) groups is 1. The molecule has 11 heteroatoms. The summed E-state index contributed by atoms with van der Waals surface area (Å²) in [6.07, 6.45) is 4.26. The number of hydrogen-bond acceptors (Lipinski definition) is 7. The Morgan fingerprint density at radius 2 is 1.75 bits per heavy atom. The molecule has 1 amide bonds. The number of aromatic nitrogens is 3. The molecule has 0 aliphatic carbocycles. The van der Waals surface area contributed by atoms with Crippen molar-refractivity contribution in [3.8, 4) is 34.1 Å². The summed E-state index contributed by atoms with van der Waals surface area (Å²) in [4.78, 5) is 37.6. The Hall–Kier alpha value is -5.32. The van der Waals surface area contributed by atoms with Gasteiger partial charge in [-0.05, 0) is 36.8 Å². The summed E-state index contributed by atoms with van der Waals surface area (Å²) >= 11 is 0. The molecule has 0 atom stereocenters. The van der Waals surface area contributed by atoms with E-state index in [-0.39, 0.29) is 34.1 Å². The zero-order chi connectivity index (χ0) is 28.4. The van der Waals surface area contributed by atoms with Crippen molar-refractivity contribution in [2.24, 2.45) is 0 Å². The van der Waals surface area contributed by atoms with Crippen LogP contribution in [-0.2, 0) is 0 Å². The van der Waals surface area contributed by atoms with Gasteiger partial charge in [0.25, 0.3) is 5.91 Å². The zero-order valence-electron chi connectivity index (χ0n) is 21.5. The summed E-state index contributed by atoms with van der Waals surface area (Å²) in [5.74, 6) is -1.46. The lowest BCUT2D eigenvalue weighted by Gasteiger charge is -2.12. The van der Waals surface area contributed by atoms with E-state index in [1.54, 1.807) is 19.1 Å². The van der Waals surface area contributed by atoms with Crippen molar-refractivity contribution in [3.05, 3.63) is 100 Å². The molecule has 2 aromatic carbocycles. The highest BCUT2D eigenvalue weighted by molar-refractivity contribution is 6.04. The van der Waals surface area contributed by atoms with Crippen molar-refractivity contribution in [1.29, 1.82) is 0 Å². The van der Waals surface area contributed by atoms with E-state index in [0.29, 0.717) is 28.0 Å². The van der Waals surface area contributed by atoms with E-state index >= 15 is 0 Å². The minimum Gasteiger partial charge on any atom is -0.495 e. The molecule has 9 nitrogen and oxygen atoms in total. The average Bonchev–Trinajstić information content (AvgIpc) is 2.95. The third-order valence-corrected chi connectivity index (χ3v) is 6.12. The van der Waals surface area contributed by atoms with Crippen LogP contribution in [0.2, 0.25) is 0 Å². The van der Waals surface area contributed by atoms with Crippen molar-refractivity contribution in [1.82, 2.24) is 15.0 Å². The van der Waals surface area contributed by atoms with Crippen LogP contribution >= 0.6 is 0 Å². The second-order valence-electron chi connectivity index (χ2n) is 8.63. The monoisotopic (exact) mass is 544 g/mol. The lowest BCUT2D eigenvalue weighted by molar-refractivity contribution is 0.102. The highest BCUT2D eigenvalue weighted by Gasteiger charge is 2.19. The van der Waals surface area contributed by atoms with Crippen LogP contribution in [0.25, 0.3) is 22.2 Å². The normalized spacial score (nSPS) is 10.8. The Bertz CT molecular complexity index is 1820. The highest BCUT2D eigenvalue weighted by atomic mass is 19.1. The lowest BCUT2D eigenvalue weighted by atomic mass is 10.0. The first-order chi connectivity index (χ1) is 19.3. The molecule has 3 aromatic heterocycles. The molecule has 40 heavy (non-hydrogen) atoms. The zero-order valence-corrected chi connectivity index (χ0v) is 21.5. The van der Waals surface area contributed by atoms with Gasteiger partial charge in [-0.15, -0.1) is 0 Å². The molecule has 0 spiro atoms. The Balaban J connectivity index is 1.39. The maximum atomic E-state index is 15.0. The molecule has 0 aliphatic rings. The van der Waals surface area contributed by atoms with Crippen molar-refractivity contribution in [2.45, 2.75) is 6.92 Å². The maximum Gasteiger partial charge on any atom is 0.261 e. The van der Waals surface area contributed by atoms with Crippen molar-refractivity contribution < 1.29 is 27.8 Å². The Kier molecular flexibility index (Phi) is 7.11. The van der Waals surface area contributed by atoms with Crippen LogP contribution in [0.1, 0.15) is 16.1 Å². The molecule has 0 unspecified atom stereocenters. The largest absolute Gasteiger partial charge is 0.495 e. The molecule has 0 radical (unpaired) electrons. The molecule has 2 N–H and O–H groups in total. The van der Waals surface area contributed by atoms with Crippen LogP contribution in [0.3, 0.4) is 0 Å². The number of fused-ring (bicyclic) bond motifs is 1. The number of halogens is 2. The molecule has 0 fully saturated rings. The number of amides is 1. The van der Waals surface area contributed by atoms with E-state index in [1.807, 2.05) is 0 Å². The Morgan fingerprint density at radius 1 is 0.925 bits per heavy atom. The molecule has 0 bridgehead atoms. The van der Waals surface area contributed by atoms with E-state index in [1.165, 1.54) is 63.1 Å². The number of methoxy groups -OCH3 is 2. The summed E-state index contributed by atoms with van der Waals surface area (Å²) in [7, 11) is 2.82. The SMILES string of the molecule is COc1cnc2c(Oc3ccc(NC(=O)c4c[nH]c(C)c(-c5ccc(F)c(OC)c5)c4=O)cc3F)ccnc2c1. The van der Waals surface area contributed by atoms with E-state index < -0.39 is 23.0 Å². The number of carbonyl (C=O) groups excluding carboxylic acids is 1. The smallest absolute Gasteiger partial charge is 0.261 e. The van der Waals surface area contributed by atoms with E-state index in [9.17, 15) is 18.4 Å². The number of nitrogens with one attached hydrogen (secondary N) is 2. The number of pyridine rings is 3. The minimum absolute atomic E-state index is 0.0424. The third kappa shape index (κ3) is 5.04. The predicted molar refractivity (Wildman–Crippen MR) is 144 cm³/mol. The van der Waals surface area contributed by atoms with Crippen LogP contribution in [-0.4, -0.2) is 35.1 Å². The van der Waals surface area contributed by atoms with E-state index in [0.717, 1.165) is 6.07 Å². The van der Waals surface area contributed by atoms with Gasteiger partial charge in [-0.3, -0.25) is 14.6 Å². The van der Waals surface area contributed by atoms with Crippen molar-refractivity contribution in [3.63, 3.8) is 0 Å². The minimum atomic E-state index is -0.761. The fourth-order valence-electron chi connectivity index (χ4n) is 4.11. The fraction of sp³-hybridized carbons (Fsp3) is 0.103. The molecular formula is C29H22F2N4O5. The molecule has 0 saturated carbocycles. The first-order valence-corrected chi connectivity index (χ1v) is 11.9. The number of ether oxygens (including phenoxy) is 3. The summed E-state index contributed by atoms with van der Waals surface area (Å²) in [6, 6.07) is 11.0. The van der Waals surface area contributed by atoms with Crippen LogP contribution < -0.4 is 25.0 Å². The van der Waals surface area contributed by atoms with E-state index in [2.05, 4.69) is 20.3 Å². The van der Waals surface area contributed by atoms with Crippen LogP contribution in [0.5, 0.6) is 23.0 Å². The lowest BCUT2D eigenvalue weighted by Crippen LogP contribution is -2.23. The number of nitrogens with zero attached hydrogens (tertiary/aromatic N) is 2. The molecular weight excluding hydrogens is 522 g/mol. The van der Waals surface area contributed by atoms with Gasteiger partial charge >= 0.3 is 0 Å². The number of aryl methyl sites for hydroxylation is 1. The molecule has 5 rings (SSSR count). The van der Waals surface area contributed by atoms with Gasteiger partial charge in [0, 0.05) is 47.5 Å². The topological polar surface area (TPSA) is 115 Å². The molecule has 5 aromatic rings. The van der Waals surface area contributed by atoms with Crippen LogP contribution in [0.4, 0.5) is 14.5 Å². The first-order valence-electron chi connectivity index (χ1n) is 11.9. The standard InChI is InChI=1S/C29H22F2N4O5/c1-15-26(16-4-6-20(30)25(10-16)39-3)28(36)19(14-33-15)29(37)35-17-5-7-23(21(31)11-17)40-24-8-9-32-22-12-18(38-2)13-34-27(22)24/h4-14H,1-3H3,(H,33,36)(H,35,37). The predicted octanol–water partition coefficient (Wildman–Crippen LogP) is 5.63. The molecule has 0 saturated heterocycles. The van der Waals surface area contributed by atoms with Gasteiger partial charge in [-0.2, -0.15) is 0 Å². The second kappa shape index (κ2) is 10.8. The fourth-order valence-corrected chi connectivity index (χ4v) is 4.11. The number of benzene rings is 2. The number of aromatic amines is 1. The van der Waals surface area contributed by atoms with Gasteiger partial charge in [0.1, 0.15) is 16.8 Å². The van der Waals surface area contributed by atoms with Gasteiger partial charge in [0.2, 0.25) is 5.43 Å². The van der Waals surface area contributed by atoms with Gasteiger partial charge in [0.05, 0.1) is 25.9 Å². The van der Waals surface area contributed by atoms with Gasteiger partial charge in [0.15, 0.2) is 28.9 Å². The number of H-pyrrole nitrogens is 1. The summed E-state index contributed by atoms with van der Waals surface area (Å²) in [6.45, 7) is 1.65. The summed E-state index contributed by atoms with van der Waals surface area (Å²) in [5.41, 5.74) is 1.23. The van der Waals surface area contributed by atoms with E-state index in [4.69, 9.17) is 14.2 Å². The van der Waals surface area contributed by atoms with Gasteiger partial charge in [-0.1, -0.05) is 6.07 Å². The molecule has 3 heterocycles. The third-order valence-electron chi connectivity index (χ3n) is 6.12.